The summed E-state index contributed by atoms with van der Waals surface area (Å²) in [5, 5.41) is 8.14. The molecular weight excluding hydrogens is 212 g/mol. The third-order valence-corrected chi connectivity index (χ3v) is 1.20. The van der Waals surface area contributed by atoms with E-state index in [1.807, 2.05) is 0 Å². The van der Waals surface area contributed by atoms with Gasteiger partial charge in [-0.1, -0.05) is 24.8 Å². The molecule has 1 aromatic carbocycles. The van der Waals surface area contributed by atoms with Crippen LogP contribution < -0.4 is 4.74 Å². The highest BCUT2D eigenvalue weighted by atomic mass is 16.7. The summed E-state index contributed by atoms with van der Waals surface area (Å²) in [5.74, 6) is 0.0139. The third kappa shape index (κ3) is 8.31. The summed E-state index contributed by atoms with van der Waals surface area (Å²) in [6.07, 6.45) is -0.186. The smallest absolute Gasteiger partial charge is 0.449 e. The van der Waals surface area contributed by atoms with E-state index < -0.39 is 6.16 Å². The van der Waals surface area contributed by atoms with E-state index in [0.717, 1.165) is 6.26 Å². The molecule has 0 unspecified atom stereocenters. The molecule has 0 atom stereocenters. The summed E-state index contributed by atoms with van der Waals surface area (Å²) in [5.41, 5.74) is 0. The largest absolute Gasteiger partial charge is 0.511 e. The minimum absolute atomic E-state index is 0.329. The second-order valence-electron chi connectivity index (χ2n) is 2.46. The van der Waals surface area contributed by atoms with Crippen LogP contribution in [0.15, 0.2) is 43.2 Å². The number of hydrogen-bond acceptors (Lipinski definition) is 4. The van der Waals surface area contributed by atoms with Crippen molar-refractivity contribution in [2.24, 2.45) is 0 Å². The number of carbonyl (C=O) groups excluding carboxylic acids is 1. The Kier molecular flexibility index (Phi) is 6.89. The molecule has 5 nitrogen and oxygen atoms in total. The molecule has 0 radical (unpaired) electrons. The number of carbonyl (C=O) groups is 2. The van der Waals surface area contributed by atoms with Gasteiger partial charge in [0, 0.05) is 6.92 Å². The summed E-state index contributed by atoms with van der Waals surface area (Å²) >= 11 is 0. The van der Waals surface area contributed by atoms with E-state index in [9.17, 15) is 9.59 Å². The van der Waals surface area contributed by atoms with E-state index in [4.69, 9.17) is 5.11 Å². The van der Waals surface area contributed by atoms with Gasteiger partial charge in [-0.15, -0.1) is 0 Å². The van der Waals surface area contributed by atoms with Crippen LogP contribution in [0.2, 0.25) is 0 Å². The Morgan fingerprint density at radius 1 is 1.31 bits per heavy atom. The molecule has 0 saturated carbocycles. The molecule has 16 heavy (non-hydrogen) atoms. The Morgan fingerprint density at radius 3 is 2.19 bits per heavy atom. The van der Waals surface area contributed by atoms with E-state index in [1.165, 1.54) is 6.92 Å². The first kappa shape index (κ1) is 13.7. The zero-order valence-electron chi connectivity index (χ0n) is 8.75. The summed E-state index contributed by atoms with van der Waals surface area (Å²) < 4.78 is 8.50. The Balaban J connectivity index is 0.000000325. The highest BCUT2D eigenvalue weighted by Gasteiger charge is 1.96. The van der Waals surface area contributed by atoms with Crippen molar-refractivity contribution in [3.63, 3.8) is 0 Å². The summed E-state index contributed by atoms with van der Waals surface area (Å²) in [6.45, 7) is 4.48. The van der Waals surface area contributed by atoms with E-state index in [0.29, 0.717) is 5.75 Å². The van der Waals surface area contributed by atoms with Crippen LogP contribution in [0.4, 0.5) is 4.79 Å². The predicted octanol–water partition coefficient (Wildman–Crippen LogP) is 2.44. The molecule has 0 heterocycles. The van der Waals surface area contributed by atoms with Crippen LogP contribution in [0, 0.1) is 0 Å². The van der Waals surface area contributed by atoms with Crippen LogP contribution in [0.1, 0.15) is 6.92 Å². The van der Waals surface area contributed by atoms with Crippen LogP contribution in [0.5, 0.6) is 5.75 Å². The number of esters is 1. The molecule has 0 aliphatic carbocycles. The Morgan fingerprint density at radius 2 is 1.88 bits per heavy atom. The lowest BCUT2D eigenvalue weighted by atomic mass is 10.3. The van der Waals surface area contributed by atoms with Gasteiger partial charge in [0.1, 0.15) is 5.75 Å². The second kappa shape index (κ2) is 8.05. The lowest BCUT2D eigenvalue weighted by Crippen LogP contribution is -2.02. The zero-order chi connectivity index (χ0) is 12.4. The average Bonchev–Trinajstić information content (AvgIpc) is 2.18. The lowest BCUT2D eigenvalue weighted by Gasteiger charge is -1.95. The number of ether oxygens (including phenoxy) is 2. The fraction of sp³-hybridized carbons (Fsp3) is 0.0909. The molecule has 0 aliphatic rings. The van der Waals surface area contributed by atoms with Gasteiger partial charge in [-0.2, -0.15) is 0 Å². The van der Waals surface area contributed by atoms with Gasteiger partial charge >= 0.3 is 12.1 Å². The van der Waals surface area contributed by atoms with Crippen molar-refractivity contribution in [1.29, 1.82) is 0 Å². The van der Waals surface area contributed by atoms with Crippen molar-refractivity contribution in [2.45, 2.75) is 6.92 Å². The minimum atomic E-state index is -1.29. The van der Waals surface area contributed by atoms with Crippen LogP contribution >= 0.6 is 0 Å². The first-order valence-electron chi connectivity index (χ1n) is 4.30. The zero-order valence-corrected chi connectivity index (χ0v) is 8.75. The van der Waals surface area contributed by atoms with E-state index in [1.54, 1.807) is 30.3 Å². The molecule has 0 bridgehead atoms. The Labute approximate surface area is 92.9 Å². The van der Waals surface area contributed by atoms with Crippen LogP contribution in [0.25, 0.3) is 0 Å². The highest BCUT2D eigenvalue weighted by Crippen LogP contribution is 2.07. The predicted molar refractivity (Wildman–Crippen MR) is 57.1 cm³/mol. The normalized spacial score (nSPS) is 8.06. The maximum Gasteiger partial charge on any atom is 0.511 e. The van der Waals surface area contributed by atoms with Gasteiger partial charge in [-0.3, -0.25) is 4.79 Å². The average molecular weight is 224 g/mol. The molecule has 0 aliphatic heterocycles. The van der Waals surface area contributed by atoms with E-state index in [-0.39, 0.29) is 5.97 Å². The first-order chi connectivity index (χ1) is 7.56. The summed E-state index contributed by atoms with van der Waals surface area (Å²) in [4.78, 5) is 19.7. The molecule has 86 valence electrons. The Hall–Kier alpha value is -2.30. The minimum Gasteiger partial charge on any atom is -0.449 e. The van der Waals surface area contributed by atoms with Crippen LogP contribution in [-0.2, 0) is 9.53 Å². The molecule has 1 N–H and O–H groups in total. The van der Waals surface area contributed by atoms with Gasteiger partial charge < -0.3 is 14.6 Å². The highest BCUT2D eigenvalue weighted by molar-refractivity contribution is 5.66. The Bertz CT molecular complexity index is 345. The molecular formula is C11H12O5. The van der Waals surface area contributed by atoms with E-state index in [2.05, 4.69) is 16.1 Å². The SMILES string of the molecule is C=COC(C)=O.O=C(O)Oc1ccccc1. The third-order valence-electron chi connectivity index (χ3n) is 1.20. The quantitative estimate of drug-likeness (QED) is 0.474. The van der Waals surface area contributed by atoms with Gasteiger partial charge in [0.05, 0.1) is 6.26 Å². The summed E-state index contributed by atoms with van der Waals surface area (Å²) in [6, 6.07) is 8.35. The molecule has 0 aromatic heterocycles. The maximum atomic E-state index is 9.95. The topological polar surface area (TPSA) is 72.8 Å². The number of carboxylic acid groups (broad SMARTS) is 1. The lowest BCUT2D eigenvalue weighted by molar-refractivity contribution is -0.135. The van der Waals surface area contributed by atoms with Crippen molar-refractivity contribution >= 4 is 12.1 Å². The molecule has 0 amide bonds. The summed E-state index contributed by atoms with van der Waals surface area (Å²) in [7, 11) is 0. The molecule has 5 heteroatoms. The molecule has 1 rings (SSSR count). The van der Waals surface area contributed by atoms with Crippen molar-refractivity contribution in [2.75, 3.05) is 0 Å². The van der Waals surface area contributed by atoms with Gasteiger partial charge in [0.25, 0.3) is 0 Å². The first-order valence-corrected chi connectivity index (χ1v) is 4.30. The van der Waals surface area contributed by atoms with E-state index >= 15 is 0 Å². The van der Waals surface area contributed by atoms with Crippen molar-refractivity contribution in [1.82, 2.24) is 0 Å². The number of benzene rings is 1. The number of rotatable bonds is 2. The monoisotopic (exact) mass is 224 g/mol. The van der Waals surface area contributed by atoms with Gasteiger partial charge in [-0.25, -0.2) is 4.79 Å². The van der Waals surface area contributed by atoms with Gasteiger partial charge in [-0.05, 0) is 12.1 Å². The standard InChI is InChI=1S/C7H6O3.C4H6O2/c8-7(9)10-6-4-2-1-3-5-6;1-3-6-4(2)5/h1-5H,(H,8,9);3H,1H2,2H3. The molecule has 0 saturated heterocycles. The van der Waals surface area contributed by atoms with Crippen molar-refractivity contribution < 1.29 is 24.2 Å². The van der Waals surface area contributed by atoms with Crippen LogP contribution in [-0.4, -0.2) is 17.2 Å². The van der Waals surface area contributed by atoms with Crippen molar-refractivity contribution in [3.05, 3.63) is 43.2 Å². The van der Waals surface area contributed by atoms with Crippen molar-refractivity contribution in [3.8, 4) is 5.75 Å². The van der Waals surface area contributed by atoms with Gasteiger partial charge in [0.2, 0.25) is 0 Å². The fourth-order valence-corrected chi connectivity index (χ4v) is 0.707. The maximum absolute atomic E-state index is 9.95. The van der Waals surface area contributed by atoms with Crippen LogP contribution in [0.3, 0.4) is 0 Å². The van der Waals surface area contributed by atoms with Gasteiger partial charge in [0.15, 0.2) is 0 Å². The number of hydrogen-bond donors (Lipinski definition) is 1. The second-order valence-corrected chi connectivity index (χ2v) is 2.46. The molecule has 1 aromatic rings. The fourth-order valence-electron chi connectivity index (χ4n) is 0.707. The molecule has 0 fully saturated rings. The molecule has 0 spiro atoms. The number of para-hydroxylation sites is 1.